The zero-order valence-corrected chi connectivity index (χ0v) is 21.4. The van der Waals surface area contributed by atoms with Gasteiger partial charge in [0.15, 0.2) is 14.0 Å². The highest BCUT2D eigenvalue weighted by Gasteiger charge is 2.51. The van der Waals surface area contributed by atoms with Crippen LogP contribution in [0.2, 0.25) is 18.1 Å². The fourth-order valence-corrected chi connectivity index (χ4v) is 6.36. The second kappa shape index (κ2) is 9.42. The molecule has 2 rings (SSSR count). The Morgan fingerprint density at radius 2 is 1.97 bits per heavy atom. The first kappa shape index (κ1) is 26.2. The van der Waals surface area contributed by atoms with E-state index in [1.807, 2.05) is 0 Å². The number of fused-ring (bicyclic) bond motifs is 1. The number of rotatable bonds is 7. The quantitative estimate of drug-likeness (QED) is 0.169. The molecule has 2 aliphatic rings. The molecule has 178 valence electrons. The van der Waals surface area contributed by atoms with Gasteiger partial charge in [-0.05, 0) is 67.1 Å². The summed E-state index contributed by atoms with van der Waals surface area (Å²) in [6, 6.07) is 0. The van der Waals surface area contributed by atoms with Gasteiger partial charge in [-0.2, -0.15) is 13.2 Å². The minimum absolute atomic E-state index is 0.0615. The first-order chi connectivity index (χ1) is 14.1. The molecular weight excluding hydrogens is 419 g/mol. The average molecular weight is 460 g/mol. The van der Waals surface area contributed by atoms with Crippen LogP contribution < -0.4 is 0 Å². The Hall–Kier alpha value is -1.08. The van der Waals surface area contributed by atoms with Crippen LogP contribution in [0.5, 0.6) is 0 Å². The Bertz CT molecular complexity index is 721. The van der Waals surface area contributed by atoms with Crippen molar-refractivity contribution >= 4 is 14.0 Å². The Morgan fingerprint density at radius 3 is 2.52 bits per heavy atom. The van der Waals surface area contributed by atoms with Gasteiger partial charge in [-0.25, -0.2) is 0 Å². The van der Waals surface area contributed by atoms with Gasteiger partial charge in [0.2, 0.25) is 0 Å². The molecule has 1 unspecified atom stereocenters. The van der Waals surface area contributed by atoms with Crippen molar-refractivity contribution in [3.63, 3.8) is 0 Å². The van der Waals surface area contributed by atoms with Gasteiger partial charge in [0.05, 0.1) is 0 Å². The van der Waals surface area contributed by atoms with E-state index in [1.54, 1.807) is 6.08 Å². The third-order valence-corrected chi connectivity index (χ3v) is 12.2. The number of allylic oxidation sites excluding steroid dienone is 4. The van der Waals surface area contributed by atoms with Gasteiger partial charge < -0.3 is 9.26 Å². The van der Waals surface area contributed by atoms with E-state index in [1.165, 1.54) is 5.57 Å². The van der Waals surface area contributed by atoms with E-state index in [2.05, 4.69) is 63.8 Å². The van der Waals surface area contributed by atoms with Crippen LogP contribution in [0, 0.1) is 17.3 Å². The van der Waals surface area contributed by atoms with E-state index in [4.69, 9.17) is 4.43 Å². The van der Waals surface area contributed by atoms with Crippen LogP contribution in [-0.2, 0) is 9.26 Å². The van der Waals surface area contributed by atoms with Crippen LogP contribution in [-0.4, -0.2) is 33.4 Å². The molecule has 0 spiro atoms. The molecule has 1 saturated carbocycles. The molecule has 0 heterocycles. The summed E-state index contributed by atoms with van der Waals surface area (Å²) in [6.45, 7) is 15.9. The molecule has 0 aromatic rings. The second-order valence-electron chi connectivity index (χ2n) is 10.9. The molecule has 0 saturated heterocycles. The lowest BCUT2D eigenvalue weighted by Crippen LogP contribution is -2.49. The fraction of sp³-hybridized carbons (Fsp3) is 0.792. The molecule has 7 heteroatoms. The minimum atomic E-state index is -4.52. The number of oxime groups is 1. The lowest BCUT2D eigenvalue weighted by molar-refractivity contribution is -0.0604. The van der Waals surface area contributed by atoms with Gasteiger partial charge in [0.1, 0.15) is 7.11 Å². The van der Waals surface area contributed by atoms with Crippen molar-refractivity contribution in [1.29, 1.82) is 0 Å². The van der Waals surface area contributed by atoms with Crippen LogP contribution >= 0.6 is 0 Å². The number of hydrogen-bond acceptors (Lipinski definition) is 3. The molecule has 0 amide bonds. The minimum Gasteiger partial charge on any atom is -0.414 e. The highest BCUT2D eigenvalue weighted by molar-refractivity contribution is 6.74. The van der Waals surface area contributed by atoms with Crippen molar-refractivity contribution in [3.05, 3.63) is 23.8 Å². The summed E-state index contributed by atoms with van der Waals surface area (Å²) in [4.78, 5) is 4.34. The Labute approximate surface area is 187 Å². The highest BCUT2D eigenvalue weighted by atomic mass is 28.4. The zero-order valence-electron chi connectivity index (χ0n) is 20.4. The Balaban J connectivity index is 2.11. The highest BCUT2D eigenvalue weighted by Crippen LogP contribution is 2.56. The van der Waals surface area contributed by atoms with Crippen molar-refractivity contribution in [2.24, 2.45) is 22.4 Å². The van der Waals surface area contributed by atoms with Crippen molar-refractivity contribution in [2.75, 3.05) is 7.11 Å². The largest absolute Gasteiger partial charge is 0.436 e. The third kappa shape index (κ3) is 5.84. The summed E-state index contributed by atoms with van der Waals surface area (Å²) in [5.74, 6) is 0.632. The standard InChI is InChI=1S/C24H40F3NO2Si/c1-17(11-9-13-21(28-29-6)24(25,26)27)18-14-15-19-20(12-10-16-23(18,19)5)30-31(7,8)22(2,3)4/h9,13-14,17,19-20H,10-12,15-16H2,1-8H3/t17-,19+,20?,23-/m1/s1. The average Bonchev–Trinajstić information content (AvgIpc) is 2.97. The van der Waals surface area contributed by atoms with Crippen LogP contribution in [0.3, 0.4) is 0 Å². The van der Waals surface area contributed by atoms with Crippen LogP contribution in [0.4, 0.5) is 13.2 Å². The molecule has 2 aliphatic carbocycles. The van der Waals surface area contributed by atoms with E-state index >= 15 is 0 Å². The summed E-state index contributed by atoms with van der Waals surface area (Å²) in [7, 11) is -0.737. The smallest absolute Gasteiger partial charge is 0.414 e. The topological polar surface area (TPSA) is 30.8 Å². The molecular formula is C24H40F3NO2Si. The monoisotopic (exact) mass is 459 g/mol. The number of hydrogen-bond donors (Lipinski definition) is 0. The van der Waals surface area contributed by atoms with E-state index in [9.17, 15) is 13.2 Å². The predicted molar refractivity (Wildman–Crippen MR) is 124 cm³/mol. The van der Waals surface area contributed by atoms with Gasteiger partial charge in [-0.1, -0.05) is 63.9 Å². The first-order valence-electron chi connectivity index (χ1n) is 11.4. The van der Waals surface area contributed by atoms with Crippen LogP contribution in [0.25, 0.3) is 0 Å². The molecule has 0 radical (unpaired) electrons. The normalized spacial score (nSPS) is 29.1. The second-order valence-corrected chi connectivity index (χ2v) is 15.7. The van der Waals surface area contributed by atoms with Crippen LogP contribution in [0.1, 0.15) is 66.7 Å². The molecule has 4 atom stereocenters. The SMILES string of the molecule is CON=C(C=CC[C@@H](C)C1=CC[C@H]2C(O[Si](C)(C)C(C)(C)C)CCC[C@]12C)C(F)(F)F. The summed E-state index contributed by atoms with van der Waals surface area (Å²) in [5.41, 5.74) is 0.432. The van der Waals surface area contributed by atoms with Gasteiger partial charge >= 0.3 is 6.18 Å². The summed E-state index contributed by atoms with van der Waals surface area (Å²) >= 11 is 0. The van der Waals surface area contributed by atoms with Crippen LogP contribution in [0.15, 0.2) is 29.0 Å². The molecule has 0 aromatic heterocycles. The lowest BCUT2D eigenvalue weighted by atomic mass is 9.63. The summed E-state index contributed by atoms with van der Waals surface area (Å²) < 4.78 is 45.8. The number of nitrogens with zero attached hydrogens (tertiary/aromatic N) is 1. The summed E-state index contributed by atoms with van der Waals surface area (Å²) in [5, 5.41) is 3.28. The Morgan fingerprint density at radius 1 is 1.32 bits per heavy atom. The molecule has 0 aliphatic heterocycles. The Kier molecular flexibility index (Phi) is 7.95. The first-order valence-corrected chi connectivity index (χ1v) is 14.3. The maximum absolute atomic E-state index is 13.0. The van der Waals surface area contributed by atoms with Gasteiger partial charge in [0.25, 0.3) is 0 Å². The molecule has 0 bridgehead atoms. The summed E-state index contributed by atoms with van der Waals surface area (Å²) in [6.07, 6.45) is 5.57. The fourth-order valence-electron chi connectivity index (χ4n) is 4.97. The predicted octanol–water partition coefficient (Wildman–Crippen LogP) is 7.66. The van der Waals surface area contributed by atoms with Crippen molar-refractivity contribution in [2.45, 2.75) is 97.1 Å². The van der Waals surface area contributed by atoms with Crippen molar-refractivity contribution in [3.8, 4) is 0 Å². The molecule has 31 heavy (non-hydrogen) atoms. The van der Waals surface area contributed by atoms with Crippen molar-refractivity contribution < 1.29 is 22.4 Å². The molecule has 1 fully saturated rings. The van der Waals surface area contributed by atoms with Crippen molar-refractivity contribution in [1.82, 2.24) is 0 Å². The number of halogens is 3. The van der Waals surface area contributed by atoms with E-state index in [-0.39, 0.29) is 22.5 Å². The van der Waals surface area contributed by atoms with E-state index in [0.717, 1.165) is 38.9 Å². The van der Waals surface area contributed by atoms with E-state index in [0.29, 0.717) is 12.3 Å². The molecule has 0 aromatic carbocycles. The van der Waals surface area contributed by atoms with Gasteiger partial charge in [-0.3, -0.25) is 0 Å². The van der Waals surface area contributed by atoms with E-state index < -0.39 is 20.2 Å². The molecule has 3 nitrogen and oxygen atoms in total. The zero-order chi connectivity index (χ0) is 23.7. The lowest BCUT2D eigenvalue weighted by Gasteiger charge is -2.49. The maximum Gasteiger partial charge on any atom is 0.436 e. The number of alkyl halides is 3. The molecule has 0 N–H and O–H groups in total. The third-order valence-electron chi connectivity index (χ3n) is 7.73. The van der Waals surface area contributed by atoms with Gasteiger partial charge in [-0.15, -0.1) is 0 Å². The van der Waals surface area contributed by atoms with Gasteiger partial charge in [0, 0.05) is 6.10 Å². The maximum atomic E-state index is 13.0.